The Kier molecular flexibility index (Phi) is 7.65. The highest BCUT2D eigenvalue weighted by molar-refractivity contribution is 5.86. The monoisotopic (exact) mass is 282 g/mol. The van der Waals surface area contributed by atoms with Gasteiger partial charge >= 0.3 is 17.9 Å². The quantitative estimate of drug-likeness (QED) is 0.521. The molecule has 0 fully saturated rings. The highest BCUT2D eigenvalue weighted by Crippen LogP contribution is 2.11. The molecular weight excluding hydrogens is 264 g/mol. The van der Waals surface area contributed by atoms with Crippen molar-refractivity contribution in [3.63, 3.8) is 0 Å². The number of carbonyl (C=O) groups excluding carboxylic acids is 1. The number of esters is 1. The fourth-order valence-corrected chi connectivity index (χ4v) is 1.20. The topological polar surface area (TPSA) is 101 Å². The van der Waals surface area contributed by atoms with Crippen LogP contribution in [0.2, 0.25) is 0 Å². The van der Waals surface area contributed by atoms with Crippen LogP contribution in [0.25, 0.3) is 0 Å². The standard InChI is InChI=1S/C14H18O6/c1-4-12(15)20-11(7-5-9(2)13(16)17)8-6-10(3)14(18)19/h4-6,11H,1,7-8H2,2-3H3,(H,16,17)(H,18,19). The minimum absolute atomic E-state index is 0.128. The van der Waals surface area contributed by atoms with Gasteiger partial charge < -0.3 is 14.9 Å². The van der Waals surface area contributed by atoms with E-state index in [1.54, 1.807) is 0 Å². The Morgan fingerprint density at radius 2 is 1.45 bits per heavy atom. The normalized spacial score (nSPS) is 13.5. The van der Waals surface area contributed by atoms with Gasteiger partial charge in [-0.1, -0.05) is 18.7 Å². The van der Waals surface area contributed by atoms with Crippen molar-refractivity contribution in [1.82, 2.24) is 0 Å². The summed E-state index contributed by atoms with van der Waals surface area (Å²) in [6.45, 7) is 6.11. The lowest BCUT2D eigenvalue weighted by atomic mass is 10.1. The van der Waals surface area contributed by atoms with Crippen LogP contribution in [0.15, 0.2) is 36.0 Å². The molecule has 0 aliphatic heterocycles. The summed E-state index contributed by atoms with van der Waals surface area (Å²) in [4.78, 5) is 32.5. The van der Waals surface area contributed by atoms with Gasteiger partial charge in [0.25, 0.3) is 0 Å². The van der Waals surface area contributed by atoms with Crippen LogP contribution in [-0.2, 0) is 19.1 Å². The lowest BCUT2D eigenvalue weighted by Gasteiger charge is -2.14. The Morgan fingerprint density at radius 3 is 1.75 bits per heavy atom. The smallest absolute Gasteiger partial charge is 0.330 e. The third-order valence-corrected chi connectivity index (χ3v) is 2.50. The van der Waals surface area contributed by atoms with Gasteiger partial charge in [-0.3, -0.25) is 0 Å². The van der Waals surface area contributed by atoms with E-state index in [-0.39, 0.29) is 24.0 Å². The largest absolute Gasteiger partial charge is 0.478 e. The number of carboxylic acids is 2. The molecule has 0 radical (unpaired) electrons. The molecule has 2 N–H and O–H groups in total. The first-order valence-electron chi connectivity index (χ1n) is 5.91. The first-order chi connectivity index (χ1) is 9.27. The van der Waals surface area contributed by atoms with E-state index in [4.69, 9.17) is 14.9 Å². The zero-order valence-corrected chi connectivity index (χ0v) is 11.5. The van der Waals surface area contributed by atoms with Gasteiger partial charge in [-0.2, -0.15) is 0 Å². The lowest BCUT2D eigenvalue weighted by molar-refractivity contribution is -0.142. The molecule has 20 heavy (non-hydrogen) atoms. The van der Waals surface area contributed by atoms with Crippen LogP contribution in [0.4, 0.5) is 0 Å². The molecular formula is C14H18O6. The summed E-state index contributed by atoms with van der Waals surface area (Å²) in [5.74, 6) is -2.76. The molecule has 6 nitrogen and oxygen atoms in total. The van der Waals surface area contributed by atoms with E-state index in [1.165, 1.54) is 26.0 Å². The van der Waals surface area contributed by atoms with E-state index in [0.717, 1.165) is 6.08 Å². The third-order valence-electron chi connectivity index (χ3n) is 2.50. The maximum absolute atomic E-state index is 11.2. The molecule has 0 saturated heterocycles. The maximum Gasteiger partial charge on any atom is 0.330 e. The first-order valence-corrected chi connectivity index (χ1v) is 5.91. The summed E-state index contributed by atoms with van der Waals surface area (Å²) in [6.07, 6.45) is 3.57. The molecule has 0 aromatic carbocycles. The number of hydrogen-bond acceptors (Lipinski definition) is 4. The van der Waals surface area contributed by atoms with Gasteiger partial charge in [0.15, 0.2) is 0 Å². The average molecular weight is 282 g/mol. The number of ether oxygens (including phenoxy) is 1. The minimum Gasteiger partial charge on any atom is -0.478 e. The molecule has 0 atom stereocenters. The SMILES string of the molecule is C=CC(=O)OC(CC=C(C)C(=O)O)CC=C(C)C(=O)O. The maximum atomic E-state index is 11.2. The summed E-state index contributed by atoms with van der Waals surface area (Å²) < 4.78 is 5.03. The van der Waals surface area contributed by atoms with Crippen LogP contribution < -0.4 is 0 Å². The molecule has 0 aliphatic carbocycles. The number of hydrogen-bond donors (Lipinski definition) is 2. The second kappa shape index (κ2) is 8.68. The van der Waals surface area contributed by atoms with Crippen molar-refractivity contribution in [1.29, 1.82) is 0 Å². The molecule has 0 aliphatic rings. The van der Waals surface area contributed by atoms with Crippen LogP contribution >= 0.6 is 0 Å². The summed E-state index contributed by atoms with van der Waals surface area (Å²) in [7, 11) is 0. The second-order valence-electron chi connectivity index (χ2n) is 4.12. The Labute approximate surface area is 117 Å². The van der Waals surface area contributed by atoms with Gasteiger partial charge in [-0.05, 0) is 13.8 Å². The van der Waals surface area contributed by atoms with Crippen LogP contribution in [0.5, 0.6) is 0 Å². The second-order valence-corrected chi connectivity index (χ2v) is 4.12. The highest BCUT2D eigenvalue weighted by Gasteiger charge is 2.12. The third kappa shape index (κ3) is 7.15. The van der Waals surface area contributed by atoms with Crippen molar-refractivity contribution in [2.24, 2.45) is 0 Å². The average Bonchev–Trinajstić information content (AvgIpc) is 2.40. The fraction of sp³-hybridized carbons (Fsp3) is 0.357. The molecule has 110 valence electrons. The van der Waals surface area contributed by atoms with Gasteiger partial charge in [-0.15, -0.1) is 0 Å². The van der Waals surface area contributed by atoms with E-state index in [2.05, 4.69) is 6.58 Å². The minimum atomic E-state index is -1.06. The molecule has 0 bridgehead atoms. The molecule has 0 rings (SSSR count). The fourth-order valence-electron chi connectivity index (χ4n) is 1.20. The molecule has 0 spiro atoms. The number of aliphatic carboxylic acids is 2. The van der Waals surface area contributed by atoms with Gasteiger partial charge in [0.2, 0.25) is 0 Å². The lowest BCUT2D eigenvalue weighted by Crippen LogP contribution is -2.16. The summed E-state index contributed by atoms with van der Waals surface area (Å²) in [5.41, 5.74) is 0.257. The van der Waals surface area contributed by atoms with Crippen molar-refractivity contribution >= 4 is 17.9 Å². The molecule has 6 heteroatoms. The van der Waals surface area contributed by atoms with E-state index in [1.807, 2.05) is 0 Å². The molecule has 0 amide bonds. The van der Waals surface area contributed by atoms with E-state index < -0.39 is 24.0 Å². The summed E-state index contributed by atoms with van der Waals surface area (Å²) >= 11 is 0. The Hall–Kier alpha value is -2.37. The van der Waals surface area contributed by atoms with Gasteiger partial charge in [0.05, 0.1) is 0 Å². The van der Waals surface area contributed by atoms with Gasteiger partial charge in [0, 0.05) is 30.1 Å². The van der Waals surface area contributed by atoms with Crippen molar-refractivity contribution in [3.8, 4) is 0 Å². The van der Waals surface area contributed by atoms with E-state index in [9.17, 15) is 14.4 Å². The van der Waals surface area contributed by atoms with Crippen molar-refractivity contribution < 1.29 is 29.3 Å². The number of carbonyl (C=O) groups is 3. The molecule has 0 heterocycles. The molecule has 0 saturated carbocycles. The predicted molar refractivity (Wildman–Crippen MR) is 72.1 cm³/mol. The number of carboxylic acid groups (broad SMARTS) is 2. The van der Waals surface area contributed by atoms with Gasteiger partial charge in [-0.25, -0.2) is 14.4 Å². The first kappa shape index (κ1) is 17.6. The van der Waals surface area contributed by atoms with E-state index >= 15 is 0 Å². The predicted octanol–water partition coefficient (Wildman–Crippen LogP) is 1.93. The molecule has 0 aromatic rings. The highest BCUT2D eigenvalue weighted by atomic mass is 16.5. The van der Waals surface area contributed by atoms with Gasteiger partial charge in [0.1, 0.15) is 6.10 Å². The summed E-state index contributed by atoms with van der Waals surface area (Å²) in [6, 6.07) is 0. The Bertz CT molecular complexity index is 426. The van der Waals surface area contributed by atoms with Crippen molar-refractivity contribution in [3.05, 3.63) is 36.0 Å². The van der Waals surface area contributed by atoms with Crippen LogP contribution in [0.3, 0.4) is 0 Å². The van der Waals surface area contributed by atoms with Crippen LogP contribution in [-0.4, -0.2) is 34.2 Å². The van der Waals surface area contributed by atoms with E-state index in [0.29, 0.717) is 0 Å². The zero-order chi connectivity index (χ0) is 15.7. The van der Waals surface area contributed by atoms with Crippen LogP contribution in [0, 0.1) is 0 Å². The Morgan fingerprint density at radius 1 is 1.05 bits per heavy atom. The molecule has 0 unspecified atom stereocenters. The van der Waals surface area contributed by atoms with Crippen LogP contribution in [0.1, 0.15) is 26.7 Å². The van der Waals surface area contributed by atoms with Crippen molar-refractivity contribution in [2.75, 3.05) is 0 Å². The molecule has 0 aromatic heterocycles. The Balaban J connectivity index is 4.81. The number of rotatable bonds is 8. The summed E-state index contributed by atoms with van der Waals surface area (Å²) in [5, 5.41) is 17.5. The zero-order valence-electron chi connectivity index (χ0n) is 11.5. The van der Waals surface area contributed by atoms with Crippen molar-refractivity contribution in [2.45, 2.75) is 32.8 Å².